The lowest BCUT2D eigenvalue weighted by molar-refractivity contribution is 0.415. The Bertz CT molecular complexity index is 676. The van der Waals surface area contributed by atoms with Gasteiger partial charge in [-0.25, -0.2) is 0 Å². The maximum Gasteiger partial charge on any atom is 0.174 e. The largest absolute Gasteiger partial charge is 0.497 e. The summed E-state index contributed by atoms with van der Waals surface area (Å²) in [5.41, 5.74) is 2.25. The van der Waals surface area contributed by atoms with E-state index in [4.69, 9.17) is 17.0 Å². The summed E-state index contributed by atoms with van der Waals surface area (Å²) in [6, 6.07) is 16.3. The first-order chi connectivity index (χ1) is 11.2. The SMILES string of the molecule is COc1ccc(NC(=S)N2CCSC2c2ccc(Br)cc2)cc1. The number of thiocarbonyl (C=S) groups is 1. The molecule has 120 valence electrons. The molecule has 2 aromatic carbocycles. The van der Waals surface area contributed by atoms with Gasteiger partial charge in [0.05, 0.1) is 7.11 Å². The fourth-order valence-corrected chi connectivity index (χ4v) is 4.36. The topological polar surface area (TPSA) is 24.5 Å². The van der Waals surface area contributed by atoms with Gasteiger partial charge in [0.25, 0.3) is 0 Å². The molecule has 0 bridgehead atoms. The maximum atomic E-state index is 5.62. The average Bonchev–Trinajstić information content (AvgIpc) is 3.06. The molecule has 0 aromatic heterocycles. The number of thioether (sulfide) groups is 1. The summed E-state index contributed by atoms with van der Waals surface area (Å²) in [6.07, 6.45) is 0. The molecule has 1 atom stereocenters. The summed E-state index contributed by atoms with van der Waals surface area (Å²) < 4.78 is 6.27. The summed E-state index contributed by atoms with van der Waals surface area (Å²) in [5.74, 6) is 1.91. The highest BCUT2D eigenvalue weighted by Gasteiger charge is 2.28. The van der Waals surface area contributed by atoms with Gasteiger partial charge in [0, 0.05) is 22.5 Å². The van der Waals surface area contributed by atoms with Crippen molar-refractivity contribution in [2.24, 2.45) is 0 Å². The lowest BCUT2D eigenvalue weighted by Crippen LogP contribution is -2.34. The molecule has 2 aromatic rings. The zero-order valence-corrected chi connectivity index (χ0v) is 15.9. The third-order valence-electron chi connectivity index (χ3n) is 3.65. The van der Waals surface area contributed by atoms with Crippen LogP contribution in [0.15, 0.2) is 53.0 Å². The Kier molecular flexibility index (Phi) is 5.46. The lowest BCUT2D eigenvalue weighted by Gasteiger charge is -2.27. The lowest BCUT2D eigenvalue weighted by atomic mass is 10.2. The van der Waals surface area contributed by atoms with Gasteiger partial charge in [-0.1, -0.05) is 28.1 Å². The predicted molar refractivity (Wildman–Crippen MR) is 105 cm³/mol. The van der Waals surface area contributed by atoms with Gasteiger partial charge >= 0.3 is 0 Å². The Hall–Kier alpha value is -1.24. The molecule has 0 spiro atoms. The smallest absolute Gasteiger partial charge is 0.174 e. The van der Waals surface area contributed by atoms with Gasteiger partial charge in [-0.15, -0.1) is 11.8 Å². The number of hydrogen-bond acceptors (Lipinski definition) is 3. The first-order valence-electron chi connectivity index (χ1n) is 7.26. The van der Waals surface area contributed by atoms with E-state index in [1.54, 1.807) is 7.11 Å². The number of methoxy groups -OCH3 is 1. The molecule has 6 heteroatoms. The van der Waals surface area contributed by atoms with Crippen molar-refractivity contribution in [3.05, 3.63) is 58.6 Å². The summed E-state index contributed by atoms with van der Waals surface area (Å²) >= 11 is 11.0. The van der Waals surface area contributed by atoms with Crippen LogP contribution in [0.5, 0.6) is 5.75 Å². The van der Waals surface area contributed by atoms with Gasteiger partial charge in [-0.05, 0) is 54.2 Å². The first-order valence-corrected chi connectivity index (χ1v) is 9.51. The number of anilines is 1. The van der Waals surface area contributed by atoms with Crippen LogP contribution in [0.2, 0.25) is 0 Å². The summed E-state index contributed by atoms with van der Waals surface area (Å²) in [6.45, 7) is 0.952. The number of hydrogen-bond donors (Lipinski definition) is 1. The van der Waals surface area contributed by atoms with Gasteiger partial charge in [-0.2, -0.15) is 0 Å². The van der Waals surface area contributed by atoms with Crippen molar-refractivity contribution in [1.82, 2.24) is 4.90 Å². The van der Waals surface area contributed by atoms with E-state index in [1.165, 1.54) is 5.56 Å². The van der Waals surface area contributed by atoms with E-state index in [0.717, 1.165) is 33.3 Å². The fraction of sp³-hybridized carbons (Fsp3) is 0.235. The quantitative estimate of drug-likeness (QED) is 0.727. The van der Waals surface area contributed by atoms with Gasteiger partial charge in [-0.3, -0.25) is 0 Å². The number of nitrogens with one attached hydrogen (secondary N) is 1. The van der Waals surface area contributed by atoms with Crippen molar-refractivity contribution in [2.75, 3.05) is 24.7 Å². The Morgan fingerprint density at radius 3 is 2.57 bits per heavy atom. The predicted octanol–water partition coefficient (Wildman–Crippen LogP) is 4.90. The molecule has 1 heterocycles. The summed E-state index contributed by atoms with van der Waals surface area (Å²) in [5, 5.41) is 4.35. The van der Waals surface area contributed by atoms with E-state index in [1.807, 2.05) is 36.0 Å². The molecule has 0 aliphatic carbocycles. The zero-order valence-electron chi connectivity index (χ0n) is 12.7. The molecule has 1 saturated heterocycles. The first kappa shape index (κ1) is 16.6. The number of rotatable bonds is 3. The van der Waals surface area contributed by atoms with Crippen LogP contribution in [-0.2, 0) is 0 Å². The molecular formula is C17H17BrN2OS2. The highest BCUT2D eigenvalue weighted by atomic mass is 79.9. The fourth-order valence-electron chi connectivity index (χ4n) is 2.45. The molecule has 3 nitrogen and oxygen atoms in total. The molecule has 0 saturated carbocycles. The average molecular weight is 409 g/mol. The molecule has 1 N–H and O–H groups in total. The van der Waals surface area contributed by atoms with Crippen LogP contribution in [0.3, 0.4) is 0 Å². The minimum absolute atomic E-state index is 0.265. The molecule has 23 heavy (non-hydrogen) atoms. The third-order valence-corrected chi connectivity index (χ3v) is 5.77. The molecule has 3 rings (SSSR count). The van der Waals surface area contributed by atoms with Crippen LogP contribution in [-0.4, -0.2) is 29.4 Å². The van der Waals surface area contributed by atoms with Crippen molar-refractivity contribution in [2.45, 2.75) is 5.37 Å². The van der Waals surface area contributed by atoms with E-state index in [0.29, 0.717) is 0 Å². The third kappa shape index (κ3) is 4.00. The van der Waals surface area contributed by atoms with E-state index >= 15 is 0 Å². The van der Waals surface area contributed by atoms with Crippen molar-refractivity contribution >= 4 is 50.7 Å². The highest BCUT2D eigenvalue weighted by Crippen LogP contribution is 2.38. The summed E-state index contributed by atoms with van der Waals surface area (Å²) in [4.78, 5) is 2.24. The maximum absolute atomic E-state index is 5.62. The van der Waals surface area contributed by atoms with Crippen LogP contribution in [0.25, 0.3) is 0 Å². The number of ether oxygens (including phenoxy) is 1. The molecule has 1 aliphatic heterocycles. The van der Waals surface area contributed by atoms with Crippen molar-refractivity contribution in [1.29, 1.82) is 0 Å². The van der Waals surface area contributed by atoms with E-state index < -0.39 is 0 Å². The molecule has 0 amide bonds. The van der Waals surface area contributed by atoms with Crippen LogP contribution >= 0.6 is 39.9 Å². The minimum Gasteiger partial charge on any atom is -0.497 e. The summed E-state index contributed by atoms with van der Waals surface area (Å²) in [7, 11) is 1.66. The van der Waals surface area contributed by atoms with Crippen molar-refractivity contribution in [3.8, 4) is 5.75 Å². The Balaban J connectivity index is 1.71. The Labute approximate surface area is 154 Å². The Morgan fingerprint density at radius 1 is 1.22 bits per heavy atom. The number of halogens is 1. The van der Waals surface area contributed by atoms with Crippen LogP contribution in [0, 0.1) is 0 Å². The molecule has 1 fully saturated rings. The zero-order chi connectivity index (χ0) is 16.2. The number of benzene rings is 2. The van der Waals surface area contributed by atoms with Gasteiger partial charge in [0.2, 0.25) is 0 Å². The minimum atomic E-state index is 0.265. The van der Waals surface area contributed by atoms with Crippen LogP contribution in [0.4, 0.5) is 5.69 Å². The Morgan fingerprint density at radius 2 is 1.91 bits per heavy atom. The second-order valence-electron chi connectivity index (χ2n) is 5.13. The molecule has 1 unspecified atom stereocenters. The second kappa shape index (κ2) is 7.55. The van der Waals surface area contributed by atoms with Crippen molar-refractivity contribution < 1.29 is 4.74 Å². The van der Waals surface area contributed by atoms with E-state index in [9.17, 15) is 0 Å². The molecule has 0 radical (unpaired) electrons. The molecular weight excluding hydrogens is 392 g/mol. The molecule has 1 aliphatic rings. The van der Waals surface area contributed by atoms with Crippen LogP contribution in [0.1, 0.15) is 10.9 Å². The number of nitrogens with zero attached hydrogens (tertiary/aromatic N) is 1. The van der Waals surface area contributed by atoms with E-state index in [-0.39, 0.29) is 5.37 Å². The van der Waals surface area contributed by atoms with Crippen molar-refractivity contribution in [3.63, 3.8) is 0 Å². The van der Waals surface area contributed by atoms with Gasteiger partial charge in [0.15, 0.2) is 5.11 Å². The normalized spacial score (nSPS) is 17.1. The van der Waals surface area contributed by atoms with Crippen LogP contribution < -0.4 is 10.1 Å². The van der Waals surface area contributed by atoms with Gasteiger partial charge < -0.3 is 15.0 Å². The highest BCUT2D eigenvalue weighted by molar-refractivity contribution is 9.10. The standard InChI is InChI=1S/C17H17BrN2OS2/c1-21-15-8-6-14(7-9-15)19-17(22)20-10-11-23-16(20)12-2-4-13(18)5-3-12/h2-9,16H,10-11H2,1H3,(H,19,22). The second-order valence-corrected chi connectivity index (χ2v) is 7.62. The van der Waals surface area contributed by atoms with E-state index in [2.05, 4.69) is 50.4 Å². The van der Waals surface area contributed by atoms with Gasteiger partial charge in [0.1, 0.15) is 11.1 Å². The monoisotopic (exact) mass is 408 g/mol.